The minimum atomic E-state index is -1.01. The van der Waals surface area contributed by atoms with Crippen molar-refractivity contribution in [2.45, 2.75) is 56.4 Å². The number of hydrogen-bond acceptors (Lipinski definition) is 4. The van der Waals surface area contributed by atoms with Crippen LogP contribution in [-0.2, 0) is 4.79 Å². The maximum Gasteiger partial charge on any atom is 0.264 e. The fraction of sp³-hybridized carbons (Fsp3) is 0.846. The minimum Gasteiger partial charge on any atom is -0.389 e. The Labute approximate surface area is 112 Å². The summed E-state index contributed by atoms with van der Waals surface area (Å²) in [7, 11) is 0. The topological polar surface area (TPSA) is 61.7 Å². The third kappa shape index (κ3) is 2.18. The van der Waals surface area contributed by atoms with Gasteiger partial charge in [-0.15, -0.1) is 0 Å². The van der Waals surface area contributed by atoms with E-state index in [4.69, 9.17) is 0 Å². The van der Waals surface area contributed by atoms with Gasteiger partial charge in [0.05, 0.1) is 5.60 Å². The molecule has 0 aromatic heterocycles. The molecule has 0 radical (unpaired) electrons. The summed E-state index contributed by atoms with van der Waals surface area (Å²) in [6.45, 7) is 3.33. The first-order chi connectivity index (χ1) is 8.43. The number of aliphatic hydroxyl groups is 1. The number of carbonyl (C=O) groups is 1. The van der Waals surface area contributed by atoms with Gasteiger partial charge in [0, 0.05) is 6.04 Å². The van der Waals surface area contributed by atoms with Crippen LogP contribution < -0.4 is 5.32 Å². The van der Waals surface area contributed by atoms with Crippen molar-refractivity contribution in [1.29, 1.82) is 0 Å². The molecule has 18 heavy (non-hydrogen) atoms. The lowest BCUT2D eigenvalue weighted by Gasteiger charge is -2.25. The van der Waals surface area contributed by atoms with Crippen LogP contribution in [0.3, 0.4) is 0 Å². The molecule has 100 valence electrons. The molecule has 2 bridgehead atoms. The number of fused-ring (bicyclic) bond motifs is 2. The maximum atomic E-state index is 11.8. The van der Waals surface area contributed by atoms with Crippen LogP contribution in [0, 0.1) is 11.8 Å². The number of amides is 1. The maximum absolute atomic E-state index is 11.8. The average Bonchev–Trinajstić information content (AvgIpc) is 2.92. The lowest BCUT2D eigenvalue weighted by molar-refractivity contribution is -0.120. The van der Waals surface area contributed by atoms with E-state index in [-0.39, 0.29) is 5.91 Å². The van der Waals surface area contributed by atoms with E-state index in [9.17, 15) is 9.90 Å². The highest BCUT2D eigenvalue weighted by Crippen LogP contribution is 2.45. The van der Waals surface area contributed by atoms with Crippen molar-refractivity contribution < 1.29 is 9.90 Å². The second-order valence-electron chi connectivity index (χ2n) is 6.33. The summed E-state index contributed by atoms with van der Waals surface area (Å²) in [4.78, 5) is 15.8. The number of nitrogens with zero attached hydrogens (tertiary/aromatic N) is 1. The second kappa shape index (κ2) is 4.23. The van der Waals surface area contributed by atoms with Crippen molar-refractivity contribution >= 4 is 22.8 Å². The smallest absolute Gasteiger partial charge is 0.264 e. The molecule has 4 nitrogen and oxygen atoms in total. The van der Waals surface area contributed by atoms with Crippen molar-refractivity contribution in [1.82, 2.24) is 5.32 Å². The van der Waals surface area contributed by atoms with Gasteiger partial charge in [0.1, 0.15) is 5.25 Å². The summed E-state index contributed by atoms with van der Waals surface area (Å²) in [5, 5.41) is 13.6. The Kier molecular flexibility index (Phi) is 2.94. The third-order valence-electron chi connectivity index (χ3n) is 4.35. The van der Waals surface area contributed by atoms with Crippen LogP contribution in [0.2, 0.25) is 0 Å². The van der Waals surface area contributed by atoms with Gasteiger partial charge in [0.2, 0.25) is 0 Å². The van der Waals surface area contributed by atoms with E-state index >= 15 is 0 Å². The molecule has 0 spiro atoms. The number of thioether (sulfide) groups is 1. The number of hydrogen-bond donors (Lipinski definition) is 2. The van der Waals surface area contributed by atoms with Gasteiger partial charge >= 0.3 is 0 Å². The molecule has 2 aliphatic carbocycles. The lowest BCUT2D eigenvalue weighted by atomic mass is 9.96. The molecule has 3 aliphatic rings. The van der Waals surface area contributed by atoms with E-state index in [0.29, 0.717) is 11.2 Å². The van der Waals surface area contributed by atoms with Crippen LogP contribution in [0.1, 0.15) is 39.5 Å². The summed E-state index contributed by atoms with van der Waals surface area (Å²) >= 11 is 1.38. The normalized spacial score (nSPS) is 39.3. The second-order valence-corrected chi connectivity index (χ2v) is 7.43. The quantitative estimate of drug-likeness (QED) is 0.797. The highest BCUT2D eigenvalue weighted by Gasteiger charge is 2.43. The molecule has 4 atom stereocenters. The molecule has 3 rings (SSSR count). The van der Waals surface area contributed by atoms with Crippen molar-refractivity contribution in [3.8, 4) is 0 Å². The summed E-state index contributed by atoms with van der Waals surface area (Å²) in [5.74, 6) is 1.42. The predicted molar refractivity (Wildman–Crippen MR) is 72.5 cm³/mol. The summed E-state index contributed by atoms with van der Waals surface area (Å²) in [6, 6.07) is 0.489. The molecule has 1 unspecified atom stereocenters. The van der Waals surface area contributed by atoms with Gasteiger partial charge in [0.25, 0.3) is 5.91 Å². The van der Waals surface area contributed by atoms with Crippen molar-refractivity contribution in [2.24, 2.45) is 16.8 Å². The number of amidine groups is 1. The van der Waals surface area contributed by atoms with Crippen LogP contribution in [0.25, 0.3) is 0 Å². The first-order valence-corrected chi connectivity index (χ1v) is 7.59. The van der Waals surface area contributed by atoms with E-state index in [0.717, 1.165) is 11.8 Å². The molecule has 2 saturated carbocycles. The fourth-order valence-electron chi connectivity index (χ4n) is 3.44. The summed E-state index contributed by atoms with van der Waals surface area (Å²) in [5.41, 5.74) is -1.01. The summed E-state index contributed by atoms with van der Waals surface area (Å²) < 4.78 is 0. The molecular formula is C13H20N2O2S. The van der Waals surface area contributed by atoms with Gasteiger partial charge in [-0.05, 0) is 44.9 Å². The highest BCUT2D eigenvalue weighted by molar-refractivity contribution is 8.15. The molecule has 2 fully saturated rings. The molecule has 2 N–H and O–H groups in total. The Morgan fingerprint density at radius 2 is 2.17 bits per heavy atom. The first-order valence-electron chi connectivity index (χ1n) is 6.71. The van der Waals surface area contributed by atoms with Crippen LogP contribution in [0.15, 0.2) is 4.99 Å². The Morgan fingerprint density at radius 1 is 1.39 bits per heavy atom. The molecular weight excluding hydrogens is 248 g/mol. The Morgan fingerprint density at radius 3 is 2.67 bits per heavy atom. The van der Waals surface area contributed by atoms with Crippen molar-refractivity contribution in [3.05, 3.63) is 0 Å². The number of aliphatic imine (C=N–C) groups is 1. The van der Waals surface area contributed by atoms with Gasteiger partial charge in [-0.25, -0.2) is 0 Å². The van der Waals surface area contributed by atoms with Crippen LogP contribution in [-0.4, -0.2) is 33.1 Å². The zero-order valence-electron chi connectivity index (χ0n) is 10.8. The van der Waals surface area contributed by atoms with E-state index in [2.05, 4.69) is 10.3 Å². The molecule has 1 aliphatic heterocycles. The fourth-order valence-corrected chi connectivity index (χ4v) is 4.47. The largest absolute Gasteiger partial charge is 0.389 e. The zero-order chi connectivity index (χ0) is 12.9. The SMILES string of the molecule is CC(C)(O)C1SC(N[C@H]2C[C@@H]3CC[C@H]2C3)=NC1=O. The number of carbonyl (C=O) groups excluding carboxylic acids is 1. The van der Waals surface area contributed by atoms with Gasteiger partial charge in [-0.3, -0.25) is 4.79 Å². The zero-order valence-corrected chi connectivity index (χ0v) is 11.7. The van der Waals surface area contributed by atoms with Crippen LogP contribution in [0.5, 0.6) is 0 Å². The number of rotatable bonds is 2. The standard InChI is InChI=1S/C13H20N2O2S/c1-13(2,17)10-11(16)15-12(18-10)14-9-6-7-3-4-8(9)5-7/h7-10,17H,3-6H2,1-2H3,(H,14,15,16)/t7-,8+,9+,10?/m1/s1. The van der Waals surface area contributed by atoms with Crippen LogP contribution >= 0.6 is 11.8 Å². The molecule has 0 aromatic carbocycles. The minimum absolute atomic E-state index is 0.210. The Balaban J connectivity index is 1.62. The number of nitrogens with one attached hydrogen (secondary N) is 1. The molecule has 0 saturated heterocycles. The Hall–Kier alpha value is -0.550. The lowest BCUT2D eigenvalue weighted by Crippen LogP contribution is -2.39. The van der Waals surface area contributed by atoms with E-state index in [1.165, 1.54) is 37.4 Å². The molecule has 5 heteroatoms. The van der Waals surface area contributed by atoms with Gasteiger partial charge < -0.3 is 10.4 Å². The van der Waals surface area contributed by atoms with E-state index in [1.54, 1.807) is 13.8 Å². The Bertz CT molecular complexity index is 402. The van der Waals surface area contributed by atoms with Gasteiger partial charge in [-0.1, -0.05) is 18.2 Å². The molecule has 1 heterocycles. The van der Waals surface area contributed by atoms with Gasteiger partial charge in [0.15, 0.2) is 5.17 Å². The highest BCUT2D eigenvalue weighted by atomic mass is 32.2. The molecule has 1 amide bonds. The van der Waals surface area contributed by atoms with Gasteiger partial charge in [-0.2, -0.15) is 4.99 Å². The third-order valence-corrected chi connectivity index (χ3v) is 5.80. The molecule has 0 aromatic rings. The van der Waals surface area contributed by atoms with E-state index in [1.807, 2.05) is 0 Å². The van der Waals surface area contributed by atoms with Crippen molar-refractivity contribution in [3.63, 3.8) is 0 Å². The first kappa shape index (κ1) is 12.5. The average molecular weight is 268 g/mol. The van der Waals surface area contributed by atoms with Crippen molar-refractivity contribution in [2.75, 3.05) is 0 Å². The van der Waals surface area contributed by atoms with E-state index < -0.39 is 10.9 Å². The summed E-state index contributed by atoms with van der Waals surface area (Å²) in [6.07, 6.45) is 5.22. The predicted octanol–water partition coefficient (Wildman–Crippen LogP) is 1.53. The monoisotopic (exact) mass is 268 g/mol. The van der Waals surface area contributed by atoms with Crippen LogP contribution in [0.4, 0.5) is 0 Å².